The van der Waals surface area contributed by atoms with Crippen LogP contribution in [-0.2, 0) is 0 Å². The van der Waals surface area contributed by atoms with E-state index in [1.165, 1.54) is 0 Å². The molecule has 1 saturated heterocycles. The minimum Gasteiger partial charge on any atom is -0.497 e. The monoisotopic (exact) mass is 439 g/mol. The molecule has 1 aromatic heterocycles. The Bertz CT molecular complexity index is 1220. The topological polar surface area (TPSA) is 68.5 Å². The zero-order chi connectivity index (χ0) is 22.6. The summed E-state index contributed by atoms with van der Waals surface area (Å²) in [6, 6.07) is 25.2. The average Bonchev–Trinajstić information content (AvgIpc) is 3.39. The molecule has 2 heterocycles. The highest BCUT2D eigenvalue weighted by Gasteiger charge is 2.32. The molecule has 1 unspecified atom stereocenters. The van der Waals surface area contributed by atoms with Crippen LogP contribution in [0.25, 0.3) is 22.5 Å². The van der Waals surface area contributed by atoms with Crippen LogP contribution in [0, 0.1) is 0 Å². The number of hydrogen-bond acceptors (Lipinski definition) is 5. The number of likely N-dealkylation sites (tertiary alicyclic amines) is 1. The number of nitrogens with zero attached hydrogens (tertiary/aromatic N) is 3. The molecule has 1 amide bonds. The zero-order valence-corrected chi connectivity index (χ0v) is 18.5. The highest BCUT2D eigenvalue weighted by atomic mass is 16.5. The second kappa shape index (κ2) is 9.28. The van der Waals surface area contributed by atoms with Crippen molar-refractivity contribution in [1.29, 1.82) is 0 Å². The van der Waals surface area contributed by atoms with Gasteiger partial charge >= 0.3 is 0 Å². The summed E-state index contributed by atoms with van der Waals surface area (Å²) in [5, 5.41) is 4.16. The Labute approximate surface area is 192 Å². The Morgan fingerprint density at radius 3 is 2.33 bits per heavy atom. The Balaban J connectivity index is 1.36. The highest BCUT2D eigenvalue weighted by Crippen LogP contribution is 2.33. The molecule has 1 aliphatic heterocycles. The number of piperidine rings is 1. The van der Waals surface area contributed by atoms with Crippen LogP contribution in [0.1, 0.15) is 41.6 Å². The van der Waals surface area contributed by atoms with E-state index < -0.39 is 0 Å². The van der Waals surface area contributed by atoms with Gasteiger partial charge in [-0.2, -0.15) is 4.98 Å². The van der Waals surface area contributed by atoms with E-state index in [4.69, 9.17) is 9.26 Å². The number of methoxy groups -OCH3 is 1. The van der Waals surface area contributed by atoms with Gasteiger partial charge in [0.2, 0.25) is 11.7 Å². The molecule has 166 valence electrons. The summed E-state index contributed by atoms with van der Waals surface area (Å²) < 4.78 is 10.8. The number of rotatable bonds is 5. The predicted octanol–water partition coefficient (Wildman–Crippen LogP) is 5.78. The van der Waals surface area contributed by atoms with Gasteiger partial charge in [0.05, 0.1) is 7.11 Å². The summed E-state index contributed by atoms with van der Waals surface area (Å²) in [6.07, 6.45) is 2.78. The molecular formula is C27H25N3O3. The van der Waals surface area contributed by atoms with Crippen molar-refractivity contribution in [3.63, 3.8) is 0 Å². The number of carbonyl (C=O) groups excluding carboxylic acids is 1. The first kappa shape index (κ1) is 20.9. The van der Waals surface area contributed by atoms with Gasteiger partial charge in [-0.3, -0.25) is 4.79 Å². The van der Waals surface area contributed by atoms with E-state index in [9.17, 15) is 4.79 Å². The molecule has 0 saturated carbocycles. The van der Waals surface area contributed by atoms with E-state index in [1.807, 2.05) is 71.6 Å². The standard InChI is InChI=1S/C27H25N3O3/c1-32-23-16-14-21(15-17-23)25-28-26(33-29-25)24-9-5-6-18-30(24)27(31)22-12-10-20(11-13-22)19-7-3-2-4-8-19/h2-4,7-8,10-17,24H,5-6,9,18H2,1H3. The van der Waals surface area contributed by atoms with Crippen molar-refractivity contribution < 1.29 is 14.1 Å². The summed E-state index contributed by atoms with van der Waals surface area (Å²) >= 11 is 0. The lowest BCUT2D eigenvalue weighted by atomic mass is 9.99. The lowest BCUT2D eigenvalue weighted by Crippen LogP contribution is -2.38. The SMILES string of the molecule is COc1ccc(-c2noc(C3CCCCN3C(=O)c3ccc(-c4ccccc4)cc3)n2)cc1. The molecule has 1 fully saturated rings. The Morgan fingerprint density at radius 2 is 1.61 bits per heavy atom. The van der Waals surface area contributed by atoms with E-state index >= 15 is 0 Å². The summed E-state index contributed by atoms with van der Waals surface area (Å²) in [7, 11) is 1.63. The van der Waals surface area contributed by atoms with E-state index in [0.29, 0.717) is 23.8 Å². The normalized spacial score (nSPS) is 15.9. The van der Waals surface area contributed by atoms with Crippen LogP contribution < -0.4 is 4.74 Å². The fraction of sp³-hybridized carbons (Fsp3) is 0.222. The van der Waals surface area contributed by atoms with Gasteiger partial charge in [0.25, 0.3) is 5.91 Å². The molecule has 0 aliphatic carbocycles. The molecule has 0 spiro atoms. The summed E-state index contributed by atoms with van der Waals surface area (Å²) in [5.41, 5.74) is 3.72. The Morgan fingerprint density at radius 1 is 0.909 bits per heavy atom. The minimum atomic E-state index is -0.223. The van der Waals surface area contributed by atoms with Crippen molar-refractivity contribution >= 4 is 5.91 Å². The number of amides is 1. The van der Waals surface area contributed by atoms with Crippen LogP contribution >= 0.6 is 0 Å². The number of hydrogen-bond donors (Lipinski definition) is 0. The minimum absolute atomic E-state index is 0.0106. The van der Waals surface area contributed by atoms with Crippen molar-refractivity contribution in [3.8, 4) is 28.3 Å². The third-order valence-corrected chi connectivity index (χ3v) is 6.08. The molecular weight excluding hydrogens is 414 g/mol. The smallest absolute Gasteiger partial charge is 0.254 e. The van der Waals surface area contributed by atoms with Crippen molar-refractivity contribution in [1.82, 2.24) is 15.0 Å². The molecule has 1 atom stereocenters. The van der Waals surface area contributed by atoms with Crippen LogP contribution in [-0.4, -0.2) is 34.6 Å². The van der Waals surface area contributed by atoms with E-state index in [0.717, 1.165) is 41.7 Å². The van der Waals surface area contributed by atoms with Gasteiger partial charge in [-0.1, -0.05) is 47.6 Å². The highest BCUT2D eigenvalue weighted by molar-refractivity contribution is 5.95. The fourth-order valence-corrected chi connectivity index (χ4v) is 4.26. The predicted molar refractivity (Wildman–Crippen MR) is 126 cm³/mol. The molecule has 5 rings (SSSR count). The molecule has 0 N–H and O–H groups in total. The zero-order valence-electron chi connectivity index (χ0n) is 18.5. The maximum Gasteiger partial charge on any atom is 0.254 e. The maximum absolute atomic E-state index is 13.4. The largest absolute Gasteiger partial charge is 0.497 e. The number of ether oxygens (including phenoxy) is 1. The first-order valence-electron chi connectivity index (χ1n) is 11.2. The number of aromatic nitrogens is 2. The van der Waals surface area contributed by atoms with Gasteiger partial charge in [-0.25, -0.2) is 0 Å². The third kappa shape index (κ3) is 4.37. The molecule has 1 aliphatic rings. The Kier molecular flexibility index (Phi) is 5.89. The van der Waals surface area contributed by atoms with Gasteiger partial charge in [-0.15, -0.1) is 0 Å². The van der Waals surface area contributed by atoms with Gasteiger partial charge in [0.1, 0.15) is 11.8 Å². The lowest BCUT2D eigenvalue weighted by molar-refractivity contribution is 0.0561. The summed E-state index contributed by atoms with van der Waals surface area (Å²) in [6.45, 7) is 0.671. The fourth-order valence-electron chi connectivity index (χ4n) is 4.26. The summed E-state index contributed by atoms with van der Waals surface area (Å²) in [4.78, 5) is 19.9. The molecule has 0 bridgehead atoms. The third-order valence-electron chi connectivity index (χ3n) is 6.08. The number of carbonyl (C=O) groups is 1. The summed E-state index contributed by atoms with van der Waals surface area (Å²) in [5.74, 6) is 1.75. The van der Waals surface area contributed by atoms with Crippen LogP contribution in [0.4, 0.5) is 0 Å². The molecule has 3 aromatic carbocycles. The van der Waals surface area contributed by atoms with Gasteiger partial charge in [0, 0.05) is 17.7 Å². The van der Waals surface area contributed by atoms with Crippen LogP contribution in [0.5, 0.6) is 5.75 Å². The molecule has 0 radical (unpaired) electrons. The first-order chi connectivity index (χ1) is 16.2. The van der Waals surface area contributed by atoms with Crippen LogP contribution in [0.2, 0.25) is 0 Å². The van der Waals surface area contributed by atoms with E-state index in [1.54, 1.807) is 7.11 Å². The van der Waals surface area contributed by atoms with Crippen molar-refractivity contribution in [2.45, 2.75) is 25.3 Å². The van der Waals surface area contributed by atoms with Crippen LogP contribution in [0.15, 0.2) is 83.4 Å². The maximum atomic E-state index is 13.4. The average molecular weight is 440 g/mol. The van der Waals surface area contributed by atoms with Crippen molar-refractivity contribution in [2.75, 3.05) is 13.7 Å². The molecule has 33 heavy (non-hydrogen) atoms. The molecule has 6 heteroatoms. The van der Waals surface area contributed by atoms with Crippen molar-refractivity contribution in [2.24, 2.45) is 0 Å². The van der Waals surface area contributed by atoms with Gasteiger partial charge < -0.3 is 14.2 Å². The number of benzene rings is 3. The Hall–Kier alpha value is -3.93. The molecule has 4 aromatic rings. The second-order valence-electron chi connectivity index (χ2n) is 8.14. The van der Waals surface area contributed by atoms with Gasteiger partial charge in [0.15, 0.2) is 0 Å². The second-order valence-corrected chi connectivity index (χ2v) is 8.14. The quantitative estimate of drug-likeness (QED) is 0.394. The van der Waals surface area contributed by atoms with Crippen LogP contribution in [0.3, 0.4) is 0 Å². The van der Waals surface area contributed by atoms with E-state index in [-0.39, 0.29) is 11.9 Å². The van der Waals surface area contributed by atoms with Crippen molar-refractivity contribution in [3.05, 3.63) is 90.3 Å². The molecule has 6 nitrogen and oxygen atoms in total. The van der Waals surface area contributed by atoms with Gasteiger partial charge in [-0.05, 0) is 66.8 Å². The lowest BCUT2D eigenvalue weighted by Gasteiger charge is -2.33. The van der Waals surface area contributed by atoms with E-state index in [2.05, 4.69) is 22.3 Å². The first-order valence-corrected chi connectivity index (χ1v) is 11.2.